The molecule has 20 heavy (non-hydrogen) atoms. The van der Waals surface area contributed by atoms with E-state index in [1.165, 1.54) is 7.11 Å². The van der Waals surface area contributed by atoms with Crippen LogP contribution in [0.4, 0.5) is 5.69 Å². The third-order valence-electron chi connectivity index (χ3n) is 2.76. The van der Waals surface area contributed by atoms with Crippen molar-refractivity contribution in [2.24, 2.45) is 0 Å². The Morgan fingerprint density at radius 1 is 1.10 bits per heavy atom. The van der Waals surface area contributed by atoms with Crippen molar-refractivity contribution in [1.82, 2.24) is 5.32 Å². The molecule has 0 heterocycles. The van der Waals surface area contributed by atoms with Gasteiger partial charge in [0.2, 0.25) is 0 Å². The zero-order valence-electron chi connectivity index (χ0n) is 11.3. The Kier molecular flexibility index (Phi) is 4.10. The van der Waals surface area contributed by atoms with Crippen molar-refractivity contribution >= 4 is 11.6 Å². The van der Waals surface area contributed by atoms with E-state index in [-0.39, 0.29) is 5.91 Å². The van der Waals surface area contributed by atoms with Gasteiger partial charge in [0.1, 0.15) is 17.2 Å². The second kappa shape index (κ2) is 5.97. The lowest BCUT2D eigenvalue weighted by Gasteiger charge is -2.11. The summed E-state index contributed by atoms with van der Waals surface area (Å²) in [5.41, 5.74) is 6.70. The smallest absolute Gasteiger partial charge is 0.254 e. The second-order valence-electron chi connectivity index (χ2n) is 4.11. The third kappa shape index (κ3) is 3.00. The van der Waals surface area contributed by atoms with Crippen LogP contribution in [0.2, 0.25) is 0 Å². The van der Waals surface area contributed by atoms with Crippen molar-refractivity contribution in [2.45, 2.75) is 0 Å². The summed E-state index contributed by atoms with van der Waals surface area (Å²) in [5.74, 6) is 1.46. The predicted molar refractivity (Wildman–Crippen MR) is 77.3 cm³/mol. The Morgan fingerprint density at radius 2 is 1.75 bits per heavy atom. The van der Waals surface area contributed by atoms with E-state index in [1.807, 2.05) is 0 Å². The molecule has 0 saturated heterocycles. The quantitative estimate of drug-likeness (QED) is 0.838. The third-order valence-corrected chi connectivity index (χ3v) is 2.76. The van der Waals surface area contributed by atoms with Crippen molar-refractivity contribution in [3.8, 4) is 17.2 Å². The van der Waals surface area contributed by atoms with Crippen molar-refractivity contribution in [1.29, 1.82) is 0 Å². The van der Waals surface area contributed by atoms with Gasteiger partial charge in [-0.25, -0.2) is 0 Å². The molecule has 0 fully saturated rings. The van der Waals surface area contributed by atoms with E-state index in [0.29, 0.717) is 28.5 Å². The minimum Gasteiger partial charge on any atom is -0.496 e. The summed E-state index contributed by atoms with van der Waals surface area (Å²) in [6.07, 6.45) is 0. The highest BCUT2D eigenvalue weighted by Crippen LogP contribution is 2.28. The lowest BCUT2D eigenvalue weighted by Crippen LogP contribution is -2.18. The number of nitrogens with one attached hydrogen (secondary N) is 1. The minimum atomic E-state index is -0.232. The molecule has 0 saturated carbocycles. The first-order chi connectivity index (χ1) is 9.63. The van der Waals surface area contributed by atoms with Gasteiger partial charge in [-0.3, -0.25) is 4.79 Å². The summed E-state index contributed by atoms with van der Waals surface area (Å²) in [5, 5.41) is 2.56. The first kappa shape index (κ1) is 13.7. The molecule has 0 aromatic heterocycles. The Bertz CT molecular complexity index is 609. The number of rotatable bonds is 4. The predicted octanol–water partition coefficient (Wildman–Crippen LogP) is 2.43. The maximum absolute atomic E-state index is 11.8. The first-order valence-electron chi connectivity index (χ1n) is 6.07. The minimum absolute atomic E-state index is 0.232. The summed E-state index contributed by atoms with van der Waals surface area (Å²) in [7, 11) is 3.08. The maximum atomic E-state index is 11.8. The molecule has 3 N–H and O–H groups in total. The van der Waals surface area contributed by atoms with Gasteiger partial charge in [0.15, 0.2) is 0 Å². The summed E-state index contributed by atoms with van der Waals surface area (Å²) >= 11 is 0. The van der Waals surface area contributed by atoms with Crippen LogP contribution in [0.1, 0.15) is 10.4 Å². The van der Waals surface area contributed by atoms with Gasteiger partial charge in [0, 0.05) is 12.7 Å². The maximum Gasteiger partial charge on any atom is 0.254 e. The van der Waals surface area contributed by atoms with Gasteiger partial charge in [-0.15, -0.1) is 0 Å². The van der Waals surface area contributed by atoms with Crippen LogP contribution in [0.3, 0.4) is 0 Å². The van der Waals surface area contributed by atoms with E-state index in [1.54, 1.807) is 49.5 Å². The molecule has 1 amide bonds. The molecule has 0 spiro atoms. The molecule has 2 aromatic rings. The van der Waals surface area contributed by atoms with Gasteiger partial charge in [-0.2, -0.15) is 0 Å². The average molecular weight is 272 g/mol. The SMILES string of the molecule is CNC(=O)c1cc(Oc2ccc(N)cc2)ccc1OC. The topological polar surface area (TPSA) is 73.6 Å². The summed E-state index contributed by atoms with van der Waals surface area (Å²) in [4.78, 5) is 11.8. The molecule has 2 aromatic carbocycles. The van der Waals surface area contributed by atoms with Crippen molar-refractivity contribution in [3.63, 3.8) is 0 Å². The van der Waals surface area contributed by atoms with Crippen LogP contribution < -0.4 is 20.5 Å². The Labute approximate surface area is 117 Å². The molecule has 0 aliphatic rings. The van der Waals surface area contributed by atoms with E-state index < -0.39 is 0 Å². The lowest BCUT2D eigenvalue weighted by molar-refractivity contribution is 0.0959. The van der Waals surface area contributed by atoms with Crippen LogP contribution in [-0.2, 0) is 0 Å². The molecular weight excluding hydrogens is 256 g/mol. The zero-order valence-corrected chi connectivity index (χ0v) is 11.3. The molecule has 0 aliphatic carbocycles. The molecule has 5 nitrogen and oxygen atoms in total. The van der Waals surface area contributed by atoms with Gasteiger partial charge >= 0.3 is 0 Å². The molecular formula is C15H16N2O3. The summed E-state index contributed by atoms with van der Waals surface area (Å²) in [6.45, 7) is 0. The fourth-order valence-electron chi connectivity index (χ4n) is 1.73. The van der Waals surface area contributed by atoms with E-state index in [4.69, 9.17) is 15.2 Å². The highest BCUT2D eigenvalue weighted by atomic mass is 16.5. The number of carbonyl (C=O) groups is 1. The summed E-state index contributed by atoms with van der Waals surface area (Å²) < 4.78 is 10.8. The molecule has 5 heteroatoms. The highest BCUT2D eigenvalue weighted by molar-refractivity contribution is 5.97. The molecule has 0 unspecified atom stereocenters. The number of amides is 1. The first-order valence-corrected chi connectivity index (χ1v) is 6.07. The van der Waals surface area contributed by atoms with Crippen LogP contribution >= 0.6 is 0 Å². The van der Waals surface area contributed by atoms with Gasteiger partial charge in [-0.05, 0) is 42.5 Å². The molecule has 0 bridgehead atoms. The summed E-state index contributed by atoms with van der Waals surface area (Å²) in [6, 6.07) is 12.1. The van der Waals surface area contributed by atoms with E-state index in [9.17, 15) is 4.79 Å². The van der Waals surface area contributed by atoms with Crippen LogP contribution in [0.5, 0.6) is 17.2 Å². The van der Waals surface area contributed by atoms with Gasteiger partial charge in [-0.1, -0.05) is 0 Å². The van der Waals surface area contributed by atoms with Crippen LogP contribution in [0.25, 0.3) is 0 Å². The number of anilines is 1. The fraction of sp³-hybridized carbons (Fsp3) is 0.133. The number of carbonyl (C=O) groups excluding carboxylic acids is 1. The number of hydrogen-bond acceptors (Lipinski definition) is 4. The molecule has 104 valence electrons. The van der Waals surface area contributed by atoms with E-state index in [2.05, 4.69) is 5.32 Å². The average Bonchev–Trinajstić information content (AvgIpc) is 2.48. The van der Waals surface area contributed by atoms with Gasteiger partial charge in [0.25, 0.3) is 5.91 Å². The second-order valence-corrected chi connectivity index (χ2v) is 4.11. The van der Waals surface area contributed by atoms with Crippen molar-refractivity contribution in [3.05, 3.63) is 48.0 Å². The number of benzene rings is 2. The highest BCUT2D eigenvalue weighted by Gasteiger charge is 2.12. The standard InChI is InChI=1S/C15H16N2O3/c1-17-15(18)13-9-12(7-8-14(13)19-2)20-11-5-3-10(16)4-6-11/h3-9H,16H2,1-2H3,(H,17,18). The van der Waals surface area contributed by atoms with Crippen molar-refractivity contribution in [2.75, 3.05) is 19.9 Å². The molecule has 0 radical (unpaired) electrons. The van der Waals surface area contributed by atoms with E-state index in [0.717, 1.165) is 0 Å². The largest absolute Gasteiger partial charge is 0.496 e. The van der Waals surface area contributed by atoms with Crippen LogP contribution in [0, 0.1) is 0 Å². The Balaban J connectivity index is 2.28. The number of nitrogen functional groups attached to an aromatic ring is 1. The van der Waals surface area contributed by atoms with Crippen LogP contribution in [-0.4, -0.2) is 20.1 Å². The number of hydrogen-bond donors (Lipinski definition) is 2. The molecule has 0 aliphatic heterocycles. The number of ether oxygens (including phenoxy) is 2. The zero-order chi connectivity index (χ0) is 14.5. The van der Waals surface area contributed by atoms with Crippen LogP contribution in [0.15, 0.2) is 42.5 Å². The number of methoxy groups -OCH3 is 1. The number of nitrogens with two attached hydrogens (primary N) is 1. The van der Waals surface area contributed by atoms with Gasteiger partial charge in [0.05, 0.1) is 12.7 Å². The molecule has 0 atom stereocenters. The Hall–Kier alpha value is -2.69. The van der Waals surface area contributed by atoms with Crippen molar-refractivity contribution < 1.29 is 14.3 Å². The Morgan fingerprint density at radius 3 is 2.35 bits per heavy atom. The monoisotopic (exact) mass is 272 g/mol. The normalized spacial score (nSPS) is 9.90. The fourth-order valence-corrected chi connectivity index (χ4v) is 1.73. The lowest BCUT2D eigenvalue weighted by atomic mass is 10.1. The van der Waals surface area contributed by atoms with Gasteiger partial charge < -0.3 is 20.5 Å². The molecule has 2 rings (SSSR count). The van der Waals surface area contributed by atoms with E-state index >= 15 is 0 Å².